The summed E-state index contributed by atoms with van der Waals surface area (Å²) in [6.45, 7) is 6.32. The van der Waals surface area contributed by atoms with Gasteiger partial charge in [0.05, 0.1) is 5.56 Å². The minimum Gasteiger partial charge on any atom is -0.486 e. The van der Waals surface area contributed by atoms with Gasteiger partial charge in [0.15, 0.2) is 11.5 Å². The highest BCUT2D eigenvalue weighted by Crippen LogP contribution is 2.33. The van der Waals surface area contributed by atoms with E-state index in [9.17, 15) is 9.59 Å². The molecule has 6 heteroatoms. The van der Waals surface area contributed by atoms with Crippen molar-refractivity contribution in [3.8, 4) is 11.5 Å². The number of hydrogen-bond acceptors (Lipinski definition) is 4. The second-order valence-electron chi connectivity index (χ2n) is 6.56. The van der Waals surface area contributed by atoms with E-state index in [2.05, 4.69) is 5.32 Å². The number of nitrogens with one attached hydrogen (secondary N) is 1. The highest BCUT2D eigenvalue weighted by Gasteiger charge is 2.31. The van der Waals surface area contributed by atoms with Gasteiger partial charge in [-0.25, -0.2) is 0 Å². The van der Waals surface area contributed by atoms with Crippen molar-refractivity contribution in [2.75, 3.05) is 26.3 Å². The van der Waals surface area contributed by atoms with E-state index >= 15 is 0 Å². The molecule has 0 aliphatic carbocycles. The Kier molecular flexibility index (Phi) is 4.92. The third kappa shape index (κ3) is 3.32. The van der Waals surface area contributed by atoms with Crippen molar-refractivity contribution < 1.29 is 19.1 Å². The molecule has 2 heterocycles. The summed E-state index contributed by atoms with van der Waals surface area (Å²) in [5.74, 6) is 0.735. The standard InChI is InChI=1S/C18H24N2O4/c1-12(2)15(18(22)20-8-3-4-9-20)19-17(21)13-6-5-7-14-16(13)24-11-10-23-14/h5-7,12,15H,3-4,8-11H2,1-2H3,(H,19,21)/t15-/m0/s1. The first-order valence-corrected chi connectivity index (χ1v) is 8.56. The van der Waals surface area contributed by atoms with Gasteiger partial charge in [0.2, 0.25) is 5.91 Å². The Balaban J connectivity index is 1.78. The lowest BCUT2D eigenvalue weighted by atomic mass is 10.0. The Morgan fingerprint density at radius 3 is 2.54 bits per heavy atom. The number of para-hydroxylation sites is 1. The van der Waals surface area contributed by atoms with Gasteiger partial charge >= 0.3 is 0 Å². The molecule has 1 saturated heterocycles. The van der Waals surface area contributed by atoms with E-state index in [0.29, 0.717) is 30.3 Å². The average molecular weight is 332 g/mol. The number of ether oxygens (including phenoxy) is 2. The molecule has 24 heavy (non-hydrogen) atoms. The molecule has 1 aromatic carbocycles. The van der Waals surface area contributed by atoms with Gasteiger partial charge in [-0.1, -0.05) is 19.9 Å². The molecule has 1 N–H and O–H groups in total. The molecular weight excluding hydrogens is 308 g/mol. The molecule has 2 aliphatic heterocycles. The number of nitrogens with zero attached hydrogens (tertiary/aromatic N) is 1. The van der Waals surface area contributed by atoms with Crippen LogP contribution in [0.1, 0.15) is 37.0 Å². The molecular formula is C18H24N2O4. The SMILES string of the molecule is CC(C)[C@H](NC(=O)c1cccc2c1OCCO2)C(=O)N1CCCC1. The molecule has 0 aromatic heterocycles. The Bertz CT molecular complexity index is 623. The summed E-state index contributed by atoms with van der Waals surface area (Å²) in [6, 6.07) is 4.70. The van der Waals surface area contributed by atoms with Crippen LogP contribution in [0.5, 0.6) is 11.5 Å². The molecule has 2 amide bonds. The van der Waals surface area contributed by atoms with E-state index in [1.165, 1.54) is 0 Å². The Labute approximate surface area is 142 Å². The topological polar surface area (TPSA) is 67.9 Å². The lowest BCUT2D eigenvalue weighted by molar-refractivity contribution is -0.133. The van der Waals surface area contributed by atoms with E-state index in [1.54, 1.807) is 18.2 Å². The third-order valence-corrected chi connectivity index (χ3v) is 4.45. The fraction of sp³-hybridized carbons (Fsp3) is 0.556. The van der Waals surface area contributed by atoms with Crippen LogP contribution in [-0.4, -0.2) is 49.1 Å². The molecule has 1 aromatic rings. The van der Waals surface area contributed by atoms with Crippen molar-refractivity contribution in [2.45, 2.75) is 32.7 Å². The summed E-state index contributed by atoms with van der Waals surface area (Å²) in [5, 5.41) is 2.89. The minimum atomic E-state index is -0.532. The number of amides is 2. The first kappa shape index (κ1) is 16.6. The summed E-state index contributed by atoms with van der Waals surface area (Å²) in [4.78, 5) is 27.3. The molecule has 0 saturated carbocycles. The maximum atomic E-state index is 12.7. The summed E-state index contributed by atoms with van der Waals surface area (Å²) in [7, 11) is 0. The number of hydrogen-bond donors (Lipinski definition) is 1. The normalized spacial score (nSPS) is 17.7. The number of carbonyl (C=O) groups excluding carboxylic acids is 2. The predicted octanol–water partition coefficient (Wildman–Crippen LogP) is 1.83. The minimum absolute atomic E-state index is 0.00202. The molecule has 0 bridgehead atoms. The van der Waals surface area contributed by atoms with Gasteiger partial charge in [-0.2, -0.15) is 0 Å². The highest BCUT2D eigenvalue weighted by atomic mass is 16.6. The van der Waals surface area contributed by atoms with Crippen molar-refractivity contribution in [2.24, 2.45) is 5.92 Å². The molecule has 3 rings (SSSR count). The van der Waals surface area contributed by atoms with Gasteiger partial charge in [0.25, 0.3) is 5.91 Å². The quantitative estimate of drug-likeness (QED) is 0.913. The van der Waals surface area contributed by atoms with Crippen LogP contribution in [0.4, 0.5) is 0 Å². The van der Waals surface area contributed by atoms with Crippen molar-refractivity contribution in [3.63, 3.8) is 0 Å². The van der Waals surface area contributed by atoms with Crippen LogP contribution in [0.2, 0.25) is 0 Å². The van der Waals surface area contributed by atoms with E-state index in [1.807, 2.05) is 18.7 Å². The summed E-state index contributed by atoms with van der Waals surface area (Å²) in [6.07, 6.45) is 2.06. The summed E-state index contributed by atoms with van der Waals surface area (Å²) in [5.41, 5.74) is 0.409. The number of fused-ring (bicyclic) bond motifs is 1. The van der Waals surface area contributed by atoms with Gasteiger partial charge < -0.3 is 19.7 Å². The van der Waals surface area contributed by atoms with Crippen LogP contribution in [-0.2, 0) is 4.79 Å². The van der Waals surface area contributed by atoms with Gasteiger partial charge in [-0.15, -0.1) is 0 Å². The highest BCUT2D eigenvalue weighted by molar-refractivity contribution is 6.00. The van der Waals surface area contributed by atoms with Crippen LogP contribution < -0.4 is 14.8 Å². The van der Waals surface area contributed by atoms with Crippen LogP contribution in [0.3, 0.4) is 0 Å². The second-order valence-corrected chi connectivity index (χ2v) is 6.56. The van der Waals surface area contributed by atoms with Crippen molar-refractivity contribution in [1.82, 2.24) is 10.2 Å². The molecule has 0 unspecified atom stereocenters. The van der Waals surface area contributed by atoms with Crippen LogP contribution >= 0.6 is 0 Å². The molecule has 2 aliphatic rings. The van der Waals surface area contributed by atoms with Crippen LogP contribution in [0, 0.1) is 5.92 Å². The van der Waals surface area contributed by atoms with E-state index in [-0.39, 0.29) is 17.7 Å². The maximum Gasteiger partial charge on any atom is 0.255 e. The fourth-order valence-corrected chi connectivity index (χ4v) is 3.12. The van der Waals surface area contributed by atoms with Crippen molar-refractivity contribution in [3.05, 3.63) is 23.8 Å². The summed E-state index contributed by atoms with van der Waals surface area (Å²) >= 11 is 0. The first-order valence-electron chi connectivity index (χ1n) is 8.56. The zero-order chi connectivity index (χ0) is 17.1. The molecule has 6 nitrogen and oxygen atoms in total. The maximum absolute atomic E-state index is 12.7. The number of rotatable bonds is 4. The smallest absolute Gasteiger partial charge is 0.255 e. The zero-order valence-electron chi connectivity index (χ0n) is 14.2. The lowest BCUT2D eigenvalue weighted by Gasteiger charge is -2.27. The second kappa shape index (κ2) is 7.11. The molecule has 1 atom stereocenters. The number of carbonyl (C=O) groups is 2. The van der Waals surface area contributed by atoms with Crippen LogP contribution in [0.25, 0.3) is 0 Å². The van der Waals surface area contributed by atoms with Crippen molar-refractivity contribution >= 4 is 11.8 Å². The zero-order valence-corrected chi connectivity index (χ0v) is 14.2. The Morgan fingerprint density at radius 2 is 1.83 bits per heavy atom. The van der Waals surface area contributed by atoms with Gasteiger partial charge in [-0.3, -0.25) is 9.59 Å². The third-order valence-electron chi connectivity index (χ3n) is 4.45. The monoisotopic (exact) mass is 332 g/mol. The fourth-order valence-electron chi connectivity index (χ4n) is 3.12. The largest absolute Gasteiger partial charge is 0.486 e. The number of likely N-dealkylation sites (tertiary alicyclic amines) is 1. The molecule has 0 spiro atoms. The molecule has 130 valence electrons. The van der Waals surface area contributed by atoms with Gasteiger partial charge in [0.1, 0.15) is 19.3 Å². The lowest BCUT2D eigenvalue weighted by Crippen LogP contribution is -2.50. The van der Waals surface area contributed by atoms with E-state index in [4.69, 9.17) is 9.47 Å². The summed E-state index contributed by atoms with van der Waals surface area (Å²) < 4.78 is 11.1. The molecule has 1 fully saturated rings. The Hall–Kier alpha value is -2.24. The average Bonchev–Trinajstić information content (AvgIpc) is 3.12. The van der Waals surface area contributed by atoms with E-state index in [0.717, 1.165) is 25.9 Å². The molecule has 0 radical (unpaired) electrons. The van der Waals surface area contributed by atoms with Gasteiger partial charge in [-0.05, 0) is 30.9 Å². The van der Waals surface area contributed by atoms with Crippen LogP contribution in [0.15, 0.2) is 18.2 Å². The number of benzene rings is 1. The Morgan fingerprint density at radius 1 is 1.12 bits per heavy atom. The van der Waals surface area contributed by atoms with Gasteiger partial charge in [0, 0.05) is 13.1 Å². The van der Waals surface area contributed by atoms with Crippen molar-refractivity contribution in [1.29, 1.82) is 0 Å². The first-order chi connectivity index (χ1) is 11.6. The predicted molar refractivity (Wildman–Crippen MR) is 89.3 cm³/mol. The van der Waals surface area contributed by atoms with E-state index < -0.39 is 6.04 Å².